The fourth-order valence-electron chi connectivity index (χ4n) is 3.12. The lowest BCUT2D eigenvalue weighted by Gasteiger charge is -2.19. The molecule has 0 atom stereocenters. The van der Waals surface area contributed by atoms with Crippen LogP contribution in [-0.2, 0) is 10.2 Å². The summed E-state index contributed by atoms with van der Waals surface area (Å²) in [5.74, 6) is 1.63. The summed E-state index contributed by atoms with van der Waals surface area (Å²) in [7, 11) is 0. The van der Waals surface area contributed by atoms with Gasteiger partial charge in [-0.05, 0) is 53.8 Å². The Morgan fingerprint density at radius 1 is 1.09 bits per heavy atom. The standard InChI is InChI=1S/C25H28ClNO4S2/c1-5-29-20-14-16(15-21-23(28)27-24(32)33-21)13-19(26)22(20)31-12-6-11-30-18-9-7-17(8-10-18)25(2,3)4/h7-10,13-15H,5-6,11-12H2,1-4H3,(H,27,28,32)/b21-15+. The molecule has 0 saturated carbocycles. The van der Waals surface area contributed by atoms with Crippen LogP contribution in [0.3, 0.4) is 0 Å². The fourth-order valence-corrected chi connectivity index (χ4v) is 4.44. The summed E-state index contributed by atoms with van der Waals surface area (Å²) in [5.41, 5.74) is 2.12. The molecule has 1 aliphatic heterocycles. The number of thioether (sulfide) groups is 1. The lowest BCUT2D eigenvalue weighted by Crippen LogP contribution is -2.17. The molecule has 0 aliphatic carbocycles. The number of ether oxygens (including phenoxy) is 3. The van der Waals surface area contributed by atoms with E-state index in [9.17, 15) is 4.79 Å². The maximum Gasteiger partial charge on any atom is 0.263 e. The Morgan fingerprint density at radius 2 is 1.79 bits per heavy atom. The highest BCUT2D eigenvalue weighted by molar-refractivity contribution is 8.26. The molecule has 2 aromatic rings. The summed E-state index contributed by atoms with van der Waals surface area (Å²) < 4.78 is 17.9. The molecule has 8 heteroatoms. The van der Waals surface area contributed by atoms with Gasteiger partial charge in [-0.25, -0.2) is 0 Å². The van der Waals surface area contributed by atoms with Gasteiger partial charge in [0.25, 0.3) is 5.91 Å². The molecule has 0 radical (unpaired) electrons. The summed E-state index contributed by atoms with van der Waals surface area (Å²) >= 11 is 12.7. The summed E-state index contributed by atoms with van der Waals surface area (Å²) in [4.78, 5) is 12.4. The van der Waals surface area contributed by atoms with Gasteiger partial charge in [0.1, 0.15) is 10.1 Å². The Labute approximate surface area is 209 Å². The molecule has 0 spiro atoms. The quantitative estimate of drug-likeness (QED) is 0.242. The molecule has 0 bridgehead atoms. The van der Waals surface area contributed by atoms with Crippen LogP contribution < -0.4 is 19.5 Å². The number of benzene rings is 2. The number of amides is 1. The van der Waals surface area contributed by atoms with Crippen molar-refractivity contribution in [2.24, 2.45) is 0 Å². The Balaban J connectivity index is 1.58. The topological polar surface area (TPSA) is 56.8 Å². The molecular weight excluding hydrogens is 478 g/mol. The van der Waals surface area contributed by atoms with E-state index in [1.54, 1.807) is 18.2 Å². The summed E-state index contributed by atoms with van der Waals surface area (Å²) in [6.45, 7) is 9.85. The number of nitrogens with one attached hydrogen (secondary N) is 1. The van der Waals surface area contributed by atoms with E-state index in [1.807, 2.05) is 19.1 Å². The van der Waals surface area contributed by atoms with E-state index in [0.717, 1.165) is 11.3 Å². The Morgan fingerprint density at radius 3 is 2.39 bits per heavy atom. The van der Waals surface area contributed by atoms with E-state index >= 15 is 0 Å². The number of hydrogen-bond acceptors (Lipinski definition) is 6. The third-order valence-electron chi connectivity index (χ3n) is 4.80. The van der Waals surface area contributed by atoms with Crippen LogP contribution in [0.4, 0.5) is 0 Å². The van der Waals surface area contributed by atoms with Crippen molar-refractivity contribution in [3.63, 3.8) is 0 Å². The van der Waals surface area contributed by atoms with E-state index in [1.165, 1.54) is 17.3 Å². The van der Waals surface area contributed by atoms with Crippen LogP contribution in [0.25, 0.3) is 6.08 Å². The molecule has 0 aromatic heterocycles. The van der Waals surface area contributed by atoms with Gasteiger partial charge in [0, 0.05) is 6.42 Å². The van der Waals surface area contributed by atoms with Gasteiger partial charge in [0.05, 0.1) is 29.7 Å². The van der Waals surface area contributed by atoms with Gasteiger partial charge in [-0.3, -0.25) is 4.79 Å². The SMILES string of the molecule is CCOc1cc(/C=C2/SC(=S)NC2=O)cc(Cl)c1OCCCOc1ccc(C(C)(C)C)cc1. The first-order chi connectivity index (χ1) is 15.7. The average Bonchev–Trinajstić information content (AvgIpc) is 3.06. The molecule has 1 saturated heterocycles. The second-order valence-electron chi connectivity index (χ2n) is 8.44. The first-order valence-corrected chi connectivity index (χ1v) is 12.3. The van der Waals surface area contributed by atoms with Gasteiger partial charge in [-0.2, -0.15) is 0 Å². The van der Waals surface area contributed by atoms with Crippen molar-refractivity contribution >= 4 is 51.9 Å². The Kier molecular flexibility index (Phi) is 8.68. The number of hydrogen-bond donors (Lipinski definition) is 1. The van der Waals surface area contributed by atoms with Crippen LogP contribution in [0.15, 0.2) is 41.3 Å². The third-order valence-corrected chi connectivity index (χ3v) is 6.24. The zero-order chi connectivity index (χ0) is 24.0. The molecule has 1 fully saturated rings. The molecule has 5 nitrogen and oxygen atoms in total. The number of thiocarbonyl (C=S) groups is 1. The lowest BCUT2D eigenvalue weighted by molar-refractivity contribution is -0.115. The molecule has 176 valence electrons. The highest BCUT2D eigenvalue weighted by atomic mass is 35.5. The molecule has 3 rings (SSSR count). The summed E-state index contributed by atoms with van der Waals surface area (Å²) in [6.07, 6.45) is 2.42. The smallest absolute Gasteiger partial charge is 0.263 e. The first kappa shape index (κ1) is 25.4. The molecule has 2 aromatic carbocycles. The van der Waals surface area contributed by atoms with Crippen LogP contribution >= 0.6 is 35.6 Å². The highest BCUT2D eigenvalue weighted by Crippen LogP contribution is 2.38. The summed E-state index contributed by atoms with van der Waals surface area (Å²) in [6, 6.07) is 11.7. The molecular formula is C25H28ClNO4S2. The van der Waals surface area contributed by atoms with Crippen molar-refractivity contribution in [2.75, 3.05) is 19.8 Å². The highest BCUT2D eigenvalue weighted by Gasteiger charge is 2.22. The predicted octanol–water partition coefficient (Wildman–Crippen LogP) is 6.37. The van der Waals surface area contributed by atoms with Crippen molar-refractivity contribution in [3.8, 4) is 17.2 Å². The van der Waals surface area contributed by atoms with Crippen LogP contribution in [0.1, 0.15) is 45.2 Å². The minimum atomic E-state index is -0.215. The maximum atomic E-state index is 11.9. The molecule has 1 aliphatic rings. The van der Waals surface area contributed by atoms with E-state index in [0.29, 0.717) is 52.0 Å². The minimum absolute atomic E-state index is 0.116. The third kappa shape index (κ3) is 7.13. The van der Waals surface area contributed by atoms with Crippen LogP contribution in [0.2, 0.25) is 5.02 Å². The number of carbonyl (C=O) groups excluding carboxylic acids is 1. The Bertz CT molecular complexity index is 1050. The second kappa shape index (κ2) is 11.3. The number of carbonyl (C=O) groups is 1. The van der Waals surface area contributed by atoms with Gasteiger partial charge in [0.15, 0.2) is 11.5 Å². The van der Waals surface area contributed by atoms with Crippen molar-refractivity contribution in [1.82, 2.24) is 5.32 Å². The fraction of sp³-hybridized carbons (Fsp3) is 0.360. The summed E-state index contributed by atoms with van der Waals surface area (Å²) in [5, 5.41) is 3.01. The van der Waals surface area contributed by atoms with Crippen LogP contribution in [0, 0.1) is 0 Å². The van der Waals surface area contributed by atoms with E-state index < -0.39 is 0 Å². The Hall–Kier alpha value is -2.22. The van der Waals surface area contributed by atoms with Crippen molar-refractivity contribution in [3.05, 3.63) is 57.5 Å². The van der Waals surface area contributed by atoms with Gasteiger partial charge < -0.3 is 19.5 Å². The van der Waals surface area contributed by atoms with Gasteiger partial charge in [-0.15, -0.1) is 0 Å². The number of rotatable bonds is 9. The monoisotopic (exact) mass is 505 g/mol. The second-order valence-corrected chi connectivity index (χ2v) is 10.6. The van der Waals surface area contributed by atoms with Crippen molar-refractivity contribution < 1.29 is 19.0 Å². The van der Waals surface area contributed by atoms with Gasteiger partial charge >= 0.3 is 0 Å². The van der Waals surface area contributed by atoms with Crippen LogP contribution in [0.5, 0.6) is 17.2 Å². The van der Waals surface area contributed by atoms with E-state index in [2.05, 4.69) is 38.2 Å². The molecule has 1 amide bonds. The normalized spacial score (nSPS) is 15.0. The molecule has 33 heavy (non-hydrogen) atoms. The predicted molar refractivity (Wildman–Crippen MR) is 140 cm³/mol. The van der Waals surface area contributed by atoms with Gasteiger partial charge in [0.2, 0.25) is 0 Å². The molecule has 1 heterocycles. The van der Waals surface area contributed by atoms with Crippen molar-refractivity contribution in [2.45, 2.75) is 39.5 Å². The maximum absolute atomic E-state index is 11.9. The zero-order valence-electron chi connectivity index (χ0n) is 19.2. The van der Waals surface area contributed by atoms with Crippen LogP contribution in [-0.4, -0.2) is 30.0 Å². The van der Waals surface area contributed by atoms with Crippen molar-refractivity contribution in [1.29, 1.82) is 0 Å². The number of halogens is 1. The lowest BCUT2D eigenvalue weighted by atomic mass is 9.87. The zero-order valence-corrected chi connectivity index (χ0v) is 21.6. The largest absolute Gasteiger partial charge is 0.493 e. The van der Waals surface area contributed by atoms with E-state index in [4.69, 9.17) is 38.0 Å². The minimum Gasteiger partial charge on any atom is -0.493 e. The molecule has 1 N–H and O–H groups in total. The molecule has 0 unspecified atom stereocenters. The average molecular weight is 506 g/mol. The van der Waals surface area contributed by atoms with E-state index in [-0.39, 0.29) is 11.3 Å². The first-order valence-electron chi connectivity index (χ1n) is 10.7. The van der Waals surface area contributed by atoms with Gasteiger partial charge in [-0.1, -0.05) is 68.5 Å².